The summed E-state index contributed by atoms with van der Waals surface area (Å²) in [6, 6.07) is 10.9. The van der Waals surface area contributed by atoms with Crippen LogP contribution in [0.4, 0.5) is 0 Å². The van der Waals surface area contributed by atoms with Gasteiger partial charge >= 0.3 is 11.4 Å². The number of hydrogen-bond donors (Lipinski definition) is 0. The lowest BCUT2D eigenvalue weighted by atomic mass is 10.2. The number of hydrogen-bond acceptors (Lipinski definition) is 2. The Morgan fingerprint density at radius 1 is 1.21 bits per heavy atom. The van der Waals surface area contributed by atoms with Gasteiger partial charge in [0.15, 0.2) is 0 Å². The second kappa shape index (κ2) is 3.46. The Balaban J connectivity index is 2.58. The van der Waals surface area contributed by atoms with Crippen LogP contribution in [-0.4, -0.2) is 0 Å². The molecule has 0 unspecified atom stereocenters. The zero-order valence-electron chi connectivity index (χ0n) is 7.78. The molecule has 1 aromatic heterocycles. The van der Waals surface area contributed by atoms with Crippen LogP contribution in [0.5, 0.6) is 0 Å². The first kappa shape index (κ1) is 8.69. The predicted octanol–water partition coefficient (Wildman–Crippen LogP) is 1.43. The average molecular weight is 188 g/mol. The molecule has 0 fully saturated rings. The van der Waals surface area contributed by atoms with Crippen molar-refractivity contribution in [2.45, 2.75) is 6.92 Å². The molecule has 2 rings (SSSR count). The van der Waals surface area contributed by atoms with Crippen molar-refractivity contribution < 1.29 is 9.40 Å². The average Bonchev–Trinajstić information content (AvgIpc) is 2.18. The van der Waals surface area contributed by atoms with Gasteiger partial charge in [-0.05, 0) is 19.1 Å². The summed E-state index contributed by atoms with van der Waals surface area (Å²) < 4.78 is 5.39. The molecule has 70 valence electrons. The van der Waals surface area contributed by atoms with Crippen molar-refractivity contribution in [3.8, 4) is 11.5 Å². The van der Waals surface area contributed by atoms with Crippen molar-refractivity contribution in [2.24, 2.45) is 0 Å². The zero-order chi connectivity index (χ0) is 9.97. The number of H-pyrrole nitrogens is 1. The molecule has 0 saturated heterocycles. The Morgan fingerprint density at radius 2 is 1.93 bits per heavy atom. The molecule has 0 aliphatic heterocycles. The van der Waals surface area contributed by atoms with Crippen LogP contribution in [0, 0.1) is 6.92 Å². The molecule has 2 aromatic rings. The first-order valence-electron chi connectivity index (χ1n) is 4.35. The van der Waals surface area contributed by atoms with Gasteiger partial charge < -0.3 is 4.42 Å². The van der Waals surface area contributed by atoms with E-state index in [-0.39, 0.29) is 5.56 Å². The second-order valence-electron chi connectivity index (χ2n) is 3.04. The zero-order valence-corrected chi connectivity index (χ0v) is 7.78. The van der Waals surface area contributed by atoms with E-state index in [1.807, 2.05) is 30.3 Å². The molecule has 0 aliphatic carbocycles. The SMILES string of the molecule is Cc1cc(=O)[nH+]c(-c2ccccc2)o1. The van der Waals surface area contributed by atoms with E-state index in [1.54, 1.807) is 6.92 Å². The molecule has 14 heavy (non-hydrogen) atoms. The van der Waals surface area contributed by atoms with E-state index in [2.05, 4.69) is 4.98 Å². The number of aromatic amines is 1. The third-order valence-electron chi connectivity index (χ3n) is 1.87. The Morgan fingerprint density at radius 3 is 2.57 bits per heavy atom. The fraction of sp³-hybridized carbons (Fsp3) is 0.0909. The summed E-state index contributed by atoms with van der Waals surface area (Å²) in [7, 11) is 0. The quantitative estimate of drug-likeness (QED) is 0.679. The Labute approximate surface area is 81.0 Å². The maximum absolute atomic E-state index is 11.2. The molecule has 1 aromatic carbocycles. The van der Waals surface area contributed by atoms with E-state index < -0.39 is 0 Å². The lowest BCUT2D eigenvalue weighted by molar-refractivity contribution is -0.400. The molecule has 1 N–H and O–H groups in total. The van der Waals surface area contributed by atoms with Gasteiger partial charge in [-0.3, -0.25) is 0 Å². The summed E-state index contributed by atoms with van der Waals surface area (Å²) in [5, 5.41) is 0. The summed E-state index contributed by atoms with van der Waals surface area (Å²) in [4.78, 5) is 13.8. The largest absolute Gasteiger partial charge is 0.416 e. The van der Waals surface area contributed by atoms with Crippen molar-refractivity contribution in [1.29, 1.82) is 0 Å². The lowest BCUT2D eigenvalue weighted by Crippen LogP contribution is -2.28. The van der Waals surface area contributed by atoms with Crippen molar-refractivity contribution in [3.63, 3.8) is 0 Å². The fourth-order valence-corrected chi connectivity index (χ4v) is 1.27. The predicted molar refractivity (Wildman–Crippen MR) is 51.7 cm³/mol. The maximum atomic E-state index is 11.2. The van der Waals surface area contributed by atoms with Crippen LogP contribution in [0.25, 0.3) is 11.5 Å². The van der Waals surface area contributed by atoms with Gasteiger partial charge in [-0.2, -0.15) is 0 Å². The molecular formula is C11H10NO2+. The lowest BCUT2D eigenvalue weighted by Gasteiger charge is -1.93. The highest BCUT2D eigenvalue weighted by Gasteiger charge is 2.09. The van der Waals surface area contributed by atoms with Crippen molar-refractivity contribution in [3.05, 3.63) is 52.5 Å². The topological polar surface area (TPSA) is 44.4 Å². The summed E-state index contributed by atoms with van der Waals surface area (Å²) in [5.74, 6) is 1.10. The molecule has 0 saturated carbocycles. The highest BCUT2D eigenvalue weighted by molar-refractivity contribution is 5.49. The maximum Gasteiger partial charge on any atom is 0.416 e. The van der Waals surface area contributed by atoms with Crippen molar-refractivity contribution in [2.75, 3.05) is 0 Å². The van der Waals surface area contributed by atoms with Gasteiger partial charge in [-0.15, -0.1) is 4.98 Å². The van der Waals surface area contributed by atoms with E-state index in [0.29, 0.717) is 11.7 Å². The smallest absolute Gasteiger partial charge is 0.409 e. The second-order valence-corrected chi connectivity index (χ2v) is 3.04. The van der Waals surface area contributed by atoms with E-state index in [4.69, 9.17) is 4.42 Å². The first-order valence-corrected chi connectivity index (χ1v) is 4.35. The minimum Gasteiger partial charge on any atom is -0.409 e. The van der Waals surface area contributed by atoms with Crippen molar-refractivity contribution in [1.82, 2.24) is 0 Å². The molecule has 0 amide bonds. The number of aromatic nitrogens is 1. The number of rotatable bonds is 1. The van der Waals surface area contributed by atoms with E-state index >= 15 is 0 Å². The Hall–Kier alpha value is -1.90. The van der Waals surface area contributed by atoms with Crippen LogP contribution >= 0.6 is 0 Å². The highest BCUT2D eigenvalue weighted by Crippen LogP contribution is 2.12. The standard InChI is InChI=1S/C11H9NO2/c1-8-7-10(13)12-11(14-8)9-5-3-2-4-6-9/h2-7H,1H3/p+1. The van der Waals surface area contributed by atoms with Gasteiger partial charge in [0, 0.05) is 0 Å². The number of benzene rings is 1. The van der Waals surface area contributed by atoms with Crippen LogP contribution in [0.15, 0.2) is 45.6 Å². The molecule has 1 heterocycles. The molecular weight excluding hydrogens is 178 g/mol. The third-order valence-corrected chi connectivity index (χ3v) is 1.87. The van der Waals surface area contributed by atoms with Gasteiger partial charge in [0.1, 0.15) is 5.76 Å². The monoisotopic (exact) mass is 188 g/mol. The van der Waals surface area contributed by atoms with Crippen LogP contribution in [-0.2, 0) is 0 Å². The van der Waals surface area contributed by atoms with Gasteiger partial charge in [0.05, 0.1) is 11.6 Å². The van der Waals surface area contributed by atoms with Crippen LogP contribution in [0.2, 0.25) is 0 Å². The molecule has 0 radical (unpaired) electrons. The van der Waals surface area contributed by atoms with Gasteiger partial charge in [0.25, 0.3) is 0 Å². The molecule has 3 nitrogen and oxygen atoms in total. The Bertz CT molecular complexity index is 488. The van der Waals surface area contributed by atoms with Gasteiger partial charge in [-0.25, -0.2) is 4.79 Å². The minimum absolute atomic E-state index is 0.146. The molecule has 0 aliphatic rings. The fourth-order valence-electron chi connectivity index (χ4n) is 1.27. The Kier molecular flexibility index (Phi) is 2.14. The normalized spacial score (nSPS) is 10.1. The molecule has 0 atom stereocenters. The van der Waals surface area contributed by atoms with Gasteiger partial charge in [0.2, 0.25) is 0 Å². The number of aryl methyl sites for hydroxylation is 1. The highest BCUT2D eigenvalue weighted by atomic mass is 16.3. The van der Waals surface area contributed by atoms with Crippen LogP contribution in [0.3, 0.4) is 0 Å². The van der Waals surface area contributed by atoms with E-state index in [0.717, 1.165) is 5.56 Å². The van der Waals surface area contributed by atoms with Crippen LogP contribution < -0.4 is 10.5 Å². The minimum atomic E-state index is -0.146. The third kappa shape index (κ3) is 1.71. The molecule has 0 bridgehead atoms. The summed E-state index contributed by atoms with van der Waals surface area (Å²) >= 11 is 0. The first-order chi connectivity index (χ1) is 6.75. The molecule has 0 spiro atoms. The van der Waals surface area contributed by atoms with E-state index in [9.17, 15) is 4.79 Å². The summed E-state index contributed by atoms with van der Waals surface area (Å²) in [5.41, 5.74) is 0.723. The summed E-state index contributed by atoms with van der Waals surface area (Å²) in [6.45, 7) is 1.75. The summed E-state index contributed by atoms with van der Waals surface area (Å²) in [6.07, 6.45) is 0. The number of nitrogens with one attached hydrogen (secondary N) is 1. The van der Waals surface area contributed by atoms with Crippen molar-refractivity contribution >= 4 is 0 Å². The van der Waals surface area contributed by atoms with Gasteiger partial charge in [-0.1, -0.05) is 18.2 Å². The molecule has 3 heteroatoms. The van der Waals surface area contributed by atoms with E-state index in [1.165, 1.54) is 6.07 Å². The van der Waals surface area contributed by atoms with Crippen LogP contribution in [0.1, 0.15) is 5.76 Å².